The fourth-order valence-electron chi connectivity index (χ4n) is 3.52. The lowest BCUT2D eigenvalue weighted by Gasteiger charge is -2.19. The molecule has 0 unspecified atom stereocenters. The number of ketones is 1. The molecular formula is C24H14Cl2N2O7. The van der Waals surface area contributed by atoms with E-state index in [4.69, 9.17) is 27.9 Å². The molecule has 0 fully saturated rings. The van der Waals surface area contributed by atoms with Crippen LogP contribution in [0.4, 0.5) is 5.69 Å². The van der Waals surface area contributed by atoms with Crippen molar-refractivity contribution in [2.45, 2.75) is 6.10 Å². The second-order valence-electron chi connectivity index (χ2n) is 7.46. The normalized spacial score (nSPS) is 13.4. The number of carbonyl (C=O) groups is 4. The van der Waals surface area contributed by atoms with Crippen molar-refractivity contribution in [3.63, 3.8) is 0 Å². The number of amides is 2. The van der Waals surface area contributed by atoms with E-state index in [0.717, 1.165) is 0 Å². The van der Waals surface area contributed by atoms with Crippen LogP contribution in [0.1, 0.15) is 42.7 Å². The summed E-state index contributed by atoms with van der Waals surface area (Å²) in [5.74, 6) is -3.15. The highest BCUT2D eigenvalue weighted by Gasteiger charge is 2.38. The summed E-state index contributed by atoms with van der Waals surface area (Å²) in [6.45, 7) is -0.771. The number of rotatable bonds is 7. The molecule has 3 aromatic carbocycles. The number of non-ortho nitro benzene ring substituents is 1. The van der Waals surface area contributed by atoms with Crippen LogP contribution >= 0.6 is 23.2 Å². The zero-order chi connectivity index (χ0) is 25.3. The fourth-order valence-corrected chi connectivity index (χ4v) is 3.85. The molecule has 1 heterocycles. The number of imide groups is 1. The van der Waals surface area contributed by atoms with E-state index >= 15 is 0 Å². The predicted octanol–water partition coefficient (Wildman–Crippen LogP) is 4.67. The summed E-state index contributed by atoms with van der Waals surface area (Å²) >= 11 is 11.9. The lowest BCUT2D eigenvalue weighted by molar-refractivity contribution is -0.384. The van der Waals surface area contributed by atoms with Gasteiger partial charge in [0.2, 0.25) is 5.78 Å². The van der Waals surface area contributed by atoms with Gasteiger partial charge in [0.1, 0.15) is 6.54 Å². The molecule has 9 nitrogen and oxygen atoms in total. The minimum Gasteiger partial charge on any atom is -0.448 e. The number of hydrogen-bond acceptors (Lipinski definition) is 7. The Kier molecular flexibility index (Phi) is 6.63. The maximum Gasteiger partial charge on any atom is 0.327 e. The third-order valence-corrected chi connectivity index (χ3v) is 5.97. The number of nitrogens with zero attached hydrogens (tertiary/aromatic N) is 2. The van der Waals surface area contributed by atoms with Crippen molar-refractivity contribution in [3.05, 3.63) is 109 Å². The van der Waals surface area contributed by atoms with E-state index in [1.807, 2.05) is 0 Å². The van der Waals surface area contributed by atoms with E-state index in [9.17, 15) is 29.3 Å². The van der Waals surface area contributed by atoms with Crippen molar-refractivity contribution < 1.29 is 28.8 Å². The molecule has 0 aromatic heterocycles. The maximum absolute atomic E-state index is 13.1. The summed E-state index contributed by atoms with van der Waals surface area (Å²) in [6, 6.07) is 15.4. The molecule has 1 aliphatic rings. The lowest BCUT2D eigenvalue weighted by atomic mass is 9.99. The third-order valence-electron chi connectivity index (χ3n) is 5.25. The first kappa shape index (κ1) is 24.1. The highest BCUT2D eigenvalue weighted by molar-refractivity contribution is 6.43. The third kappa shape index (κ3) is 4.77. The van der Waals surface area contributed by atoms with Crippen molar-refractivity contribution in [3.8, 4) is 0 Å². The van der Waals surface area contributed by atoms with Crippen LogP contribution in [0.25, 0.3) is 0 Å². The van der Waals surface area contributed by atoms with Gasteiger partial charge in [-0.05, 0) is 24.3 Å². The maximum atomic E-state index is 13.1. The predicted molar refractivity (Wildman–Crippen MR) is 125 cm³/mol. The molecule has 35 heavy (non-hydrogen) atoms. The standard InChI is InChI=1S/C24H14Cl2N2O7/c25-18-10-16-17(11-19(18)26)24(32)27(23(16)31)12-20(29)35-22(21(30)13-4-2-1-3-5-13)14-6-8-15(9-7-14)28(33)34/h1-11,22H,12H2/t22-/m0/s1. The fraction of sp³-hybridized carbons (Fsp3) is 0.0833. The average Bonchev–Trinajstić information content (AvgIpc) is 3.07. The van der Waals surface area contributed by atoms with Crippen LogP contribution in [0.3, 0.4) is 0 Å². The van der Waals surface area contributed by atoms with Gasteiger partial charge in [0.05, 0.1) is 26.1 Å². The Morgan fingerprint density at radius 1 is 0.914 bits per heavy atom. The van der Waals surface area contributed by atoms with Gasteiger partial charge >= 0.3 is 5.97 Å². The van der Waals surface area contributed by atoms with Crippen LogP contribution in [0.15, 0.2) is 66.7 Å². The number of esters is 1. The average molecular weight is 513 g/mol. The van der Waals surface area contributed by atoms with Gasteiger partial charge in [0.25, 0.3) is 17.5 Å². The van der Waals surface area contributed by atoms with Crippen molar-refractivity contribution >= 4 is 52.5 Å². The largest absolute Gasteiger partial charge is 0.448 e. The molecular weight excluding hydrogens is 499 g/mol. The Labute approximate surface area is 208 Å². The first-order chi connectivity index (χ1) is 16.7. The Hall–Kier alpha value is -4.08. The molecule has 0 saturated carbocycles. The van der Waals surface area contributed by atoms with Crippen LogP contribution in [0.2, 0.25) is 10.0 Å². The van der Waals surface area contributed by atoms with Crippen LogP contribution in [0.5, 0.6) is 0 Å². The number of halogens is 2. The van der Waals surface area contributed by atoms with Crippen molar-refractivity contribution in [2.24, 2.45) is 0 Å². The minimum atomic E-state index is -1.47. The van der Waals surface area contributed by atoms with Gasteiger partial charge in [-0.15, -0.1) is 0 Å². The summed E-state index contributed by atoms with van der Waals surface area (Å²) in [5.41, 5.74) is 0.177. The van der Waals surface area contributed by atoms with Gasteiger partial charge in [-0.3, -0.25) is 34.2 Å². The number of carbonyl (C=O) groups excluding carboxylic acids is 4. The number of fused-ring (bicyclic) bond motifs is 1. The minimum absolute atomic E-state index is 0.00974. The van der Waals surface area contributed by atoms with Gasteiger partial charge in [-0.1, -0.05) is 53.5 Å². The van der Waals surface area contributed by atoms with Gasteiger partial charge < -0.3 is 4.74 Å². The first-order valence-corrected chi connectivity index (χ1v) is 10.8. The second kappa shape index (κ2) is 9.65. The number of nitro groups is 1. The van der Waals surface area contributed by atoms with Crippen molar-refractivity contribution in [1.82, 2.24) is 4.90 Å². The number of ether oxygens (including phenoxy) is 1. The van der Waals surface area contributed by atoms with Crippen LogP contribution in [0, 0.1) is 10.1 Å². The number of nitro benzene ring substituents is 1. The molecule has 2 amide bonds. The smallest absolute Gasteiger partial charge is 0.327 e. The summed E-state index contributed by atoms with van der Waals surface area (Å²) in [5, 5.41) is 11.1. The zero-order valence-electron chi connectivity index (χ0n) is 17.6. The van der Waals surface area contributed by atoms with E-state index in [2.05, 4.69) is 0 Å². The second-order valence-corrected chi connectivity index (χ2v) is 8.27. The van der Waals surface area contributed by atoms with E-state index in [0.29, 0.717) is 4.90 Å². The van der Waals surface area contributed by atoms with Gasteiger partial charge in [0.15, 0.2) is 6.10 Å². The monoisotopic (exact) mass is 512 g/mol. The summed E-state index contributed by atoms with van der Waals surface area (Å²) in [7, 11) is 0. The molecule has 176 valence electrons. The molecule has 1 aliphatic heterocycles. The number of benzene rings is 3. The molecule has 0 N–H and O–H groups in total. The van der Waals surface area contributed by atoms with E-state index in [-0.39, 0.29) is 38.0 Å². The Bertz CT molecular complexity index is 1330. The van der Waals surface area contributed by atoms with Crippen LogP contribution in [-0.2, 0) is 9.53 Å². The molecule has 0 aliphatic carbocycles. The summed E-state index contributed by atoms with van der Waals surface area (Å²) < 4.78 is 5.40. The SMILES string of the molecule is O=C(CN1C(=O)c2cc(Cl)c(Cl)cc2C1=O)O[C@H](C(=O)c1ccccc1)c1ccc([N+](=O)[O-])cc1. The number of Topliss-reactive ketones (excluding diaryl/α,β-unsaturated/α-hetero) is 1. The Balaban J connectivity index is 1.59. The van der Waals surface area contributed by atoms with Gasteiger partial charge in [-0.2, -0.15) is 0 Å². The molecule has 4 rings (SSSR count). The van der Waals surface area contributed by atoms with Crippen molar-refractivity contribution in [1.29, 1.82) is 0 Å². The summed E-state index contributed by atoms with van der Waals surface area (Å²) in [4.78, 5) is 62.3. The molecule has 0 saturated heterocycles. The topological polar surface area (TPSA) is 124 Å². The number of hydrogen-bond donors (Lipinski definition) is 0. The molecule has 11 heteroatoms. The Morgan fingerprint density at radius 3 is 1.97 bits per heavy atom. The highest BCUT2D eigenvalue weighted by atomic mass is 35.5. The zero-order valence-corrected chi connectivity index (χ0v) is 19.2. The van der Waals surface area contributed by atoms with Gasteiger partial charge in [0, 0.05) is 23.3 Å². The Morgan fingerprint density at radius 2 is 1.46 bits per heavy atom. The molecule has 1 atom stereocenters. The first-order valence-electron chi connectivity index (χ1n) is 10.1. The lowest BCUT2D eigenvalue weighted by Crippen LogP contribution is -2.36. The molecule has 0 radical (unpaired) electrons. The van der Waals surface area contributed by atoms with E-state index in [1.54, 1.807) is 18.2 Å². The molecule has 0 bridgehead atoms. The van der Waals surface area contributed by atoms with E-state index in [1.165, 1.54) is 48.5 Å². The van der Waals surface area contributed by atoms with Gasteiger partial charge in [-0.25, -0.2) is 0 Å². The quantitative estimate of drug-likeness (QED) is 0.148. The molecule has 0 spiro atoms. The van der Waals surface area contributed by atoms with Crippen LogP contribution in [-0.4, -0.2) is 39.9 Å². The van der Waals surface area contributed by atoms with Crippen LogP contribution < -0.4 is 0 Å². The highest BCUT2D eigenvalue weighted by Crippen LogP contribution is 2.32. The van der Waals surface area contributed by atoms with Crippen molar-refractivity contribution in [2.75, 3.05) is 6.54 Å². The summed E-state index contributed by atoms with van der Waals surface area (Å²) in [6.07, 6.45) is -1.47. The molecule has 3 aromatic rings. The van der Waals surface area contributed by atoms with E-state index < -0.39 is 41.1 Å².